The molecule has 4 heteroatoms. The van der Waals surface area contributed by atoms with E-state index in [9.17, 15) is 10.2 Å². The molecule has 0 aliphatic carbocycles. The third-order valence-electron chi connectivity index (χ3n) is 3.20. The zero-order valence-corrected chi connectivity index (χ0v) is 11.2. The number of nitrogens with one attached hydrogen (secondary N) is 1. The molecular formula is C15H14ClNO2. The number of rotatable bonds is 1. The lowest BCUT2D eigenvalue weighted by Gasteiger charge is -2.00. The lowest BCUT2D eigenvalue weighted by Crippen LogP contribution is -1.79. The summed E-state index contributed by atoms with van der Waals surface area (Å²) in [4.78, 5) is 3.33. The first-order chi connectivity index (χ1) is 8.65. The number of hydrogen-bond acceptors (Lipinski definition) is 2. The molecule has 2 aromatic carbocycles. The third-order valence-corrected chi connectivity index (χ3v) is 3.20. The lowest BCUT2D eigenvalue weighted by molar-refractivity contribution is 0.475. The molecule has 19 heavy (non-hydrogen) atoms. The second-order valence-corrected chi connectivity index (χ2v) is 4.40. The molecule has 0 atom stereocenters. The van der Waals surface area contributed by atoms with Crippen molar-refractivity contribution < 1.29 is 10.2 Å². The van der Waals surface area contributed by atoms with Gasteiger partial charge < -0.3 is 15.2 Å². The van der Waals surface area contributed by atoms with E-state index in [1.54, 1.807) is 24.3 Å². The number of halogens is 1. The molecule has 1 aromatic heterocycles. The van der Waals surface area contributed by atoms with E-state index in [4.69, 9.17) is 0 Å². The van der Waals surface area contributed by atoms with Crippen molar-refractivity contribution in [3.8, 4) is 22.8 Å². The van der Waals surface area contributed by atoms with Crippen molar-refractivity contribution in [2.45, 2.75) is 6.92 Å². The topological polar surface area (TPSA) is 56.2 Å². The first-order valence-electron chi connectivity index (χ1n) is 5.76. The van der Waals surface area contributed by atoms with E-state index in [0.29, 0.717) is 0 Å². The molecule has 3 nitrogen and oxygen atoms in total. The zero-order chi connectivity index (χ0) is 12.7. The van der Waals surface area contributed by atoms with Gasteiger partial charge in [0.15, 0.2) is 0 Å². The monoisotopic (exact) mass is 275 g/mol. The first kappa shape index (κ1) is 13.3. The summed E-state index contributed by atoms with van der Waals surface area (Å²) in [6.45, 7) is 2.01. The molecule has 0 aliphatic rings. The van der Waals surface area contributed by atoms with E-state index >= 15 is 0 Å². The summed E-state index contributed by atoms with van der Waals surface area (Å²) in [6, 6.07) is 12.3. The van der Waals surface area contributed by atoms with Gasteiger partial charge in [0.25, 0.3) is 0 Å². The molecule has 0 spiro atoms. The number of phenolic OH excluding ortho intramolecular Hbond substituents is 2. The number of H-pyrrole nitrogens is 1. The average Bonchev–Trinajstić information content (AvgIpc) is 2.68. The number of aromatic nitrogens is 1. The van der Waals surface area contributed by atoms with E-state index in [1.807, 2.05) is 25.1 Å². The van der Waals surface area contributed by atoms with Crippen molar-refractivity contribution in [2.75, 3.05) is 0 Å². The van der Waals surface area contributed by atoms with Gasteiger partial charge >= 0.3 is 0 Å². The summed E-state index contributed by atoms with van der Waals surface area (Å²) in [5.74, 6) is 0.520. The highest BCUT2D eigenvalue weighted by Crippen LogP contribution is 2.32. The van der Waals surface area contributed by atoms with Gasteiger partial charge in [-0.15, -0.1) is 12.4 Å². The van der Waals surface area contributed by atoms with Gasteiger partial charge in [-0.1, -0.05) is 0 Å². The predicted molar refractivity (Wildman–Crippen MR) is 79.0 cm³/mol. The van der Waals surface area contributed by atoms with Crippen molar-refractivity contribution in [3.63, 3.8) is 0 Å². The fraction of sp³-hybridized carbons (Fsp3) is 0.0667. The number of aromatic hydroxyl groups is 2. The van der Waals surface area contributed by atoms with E-state index in [-0.39, 0.29) is 23.9 Å². The van der Waals surface area contributed by atoms with E-state index in [0.717, 1.165) is 27.7 Å². The SMILES string of the molecule is Cc1c(-c2ccc(O)cc2)[nH]c2ccc(O)cc12.Cl. The van der Waals surface area contributed by atoms with Crippen LogP contribution in [0.5, 0.6) is 11.5 Å². The van der Waals surface area contributed by atoms with Crippen molar-refractivity contribution in [1.82, 2.24) is 4.98 Å². The molecular weight excluding hydrogens is 262 g/mol. The van der Waals surface area contributed by atoms with Crippen LogP contribution >= 0.6 is 12.4 Å². The fourth-order valence-corrected chi connectivity index (χ4v) is 2.23. The second-order valence-electron chi connectivity index (χ2n) is 4.40. The number of hydrogen-bond donors (Lipinski definition) is 3. The Morgan fingerprint density at radius 3 is 2.21 bits per heavy atom. The minimum atomic E-state index is 0. The van der Waals surface area contributed by atoms with Gasteiger partial charge in [0.05, 0.1) is 0 Å². The van der Waals surface area contributed by atoms with Gasteiger partial charge in [-0.3, -0.25) is 0 Å². The average molecular weight is 276 g/mol. The molecule has 0 saturated carbocycles. The van der Waals surface area contributed by atoms with Crippen LogP contribution in [0.25, 0.3) is 22.2 Å². The van der Waals surface area contributed by atoms with Gasteiger partial charge in [-0.2, -0.15) is 0 Å². The molecule has 3 aromatic rings. The normalized spacial score (nSPS) is 10.4. The minimum absolute atomic E-state index is 0. The Hall–Kier alpha value is -2.13. The van der Waals surface area contributed by atoms with Gasteiger partial charge in [0.1, 0.15) is 11.5 Å². The van der Waals surface area contributed by atoms with Gasteiger partial charge in [-0.05, 0) is 60.5 Å². The Labute approximate surface area is 116 Å². The standard InChI is InChI=1S/C15H13NO2.ClH/c1-9-13-8-12(18)6-7-14(13)16-15(9)10-2-4-11(17)5-3-10;/h2-8,16-18H,1H3;1H. The largest absolute Gasteiger partial charge is 0.508 e. The number of phenols is 2. The van der Waals surface area contributed by atoms with Crippen LogP contribution in [0.4, 0.5) is 0 Å². The van der Waals surface area contributed by atoms with Crippen LogP contribution in [-0.4, -0.2) is 15.2 Å². The van der Waals surface area contributed by atoms with Crippen molar-refractivity contribution in [1.29, 1.82) is 0 Å². The van der Waals surface area contributed by atoms with Crippen LogP contribution in [0.2, 0.25) is 0 Å². The fourth-order valence-electron chi connectivity index (χ4n) is 2.23. The molecule has 0 radical (unpaired) electrons. The van der Waals surface area contributed by atoms with Crippen molar-refractivity contribution in [2.24, 2.45) is 0 Å². The van der Waals surface area contributed by atoms with Gasteiger partial charge in [0, 0.05) is 16.6 Å². The summed E-state index contributed by atoms with van der Waals surface area (Å²) < 4.78 is 0. The Morgan fingerprint density at radius 2 is 1.53 bits per heavy atom. The van der Waals surface area contributed by atoms with Crippen LogP contribution in [0, 0.1) is 6.92 Å². The number of fused-ring (bicyclic) bond motifs is 1. The molecule has 0 aliphatic heterocycles. The Bertz CT molecular complexity index is 717. The summed E-state index contributed by atoms with van der Waals surface area (Å²) in [6.07, 6.45) is 0. The molecule has 3 N–H and O–H groups in total. The summed E-state index contributed by atoms with van der Waals surface area (Å²) in [5, 5.41) is 19.8. The predicted octanol–water partition coefficient (Wildman–Crippen LogP) is 3.98. The molecule has 98 valence electrons. The van der Waals surface area contributed by atoms with Crippen molar-refractivity contribution >= 4 is 23.3 Å². The Morgan fingerprint density at radius 1 is 0.895 bits per heavy atom. The quantitative estimate of drug-likeness (QED) is 0.629. The molecule has 0 amide bonds. The number of aromatic amines is 1. The maximum atomic E-state index is 9.52. The minimum Gasteiger partial charge on any atom is -0.508 e. The molecule has 0 saturated heterocycles. The molecule has 0 bridgehead atoms. The van der Waals surface area contributed by atoms with Gasteiger partial charge in [0.2, 0.25) is 0 Å². The Kier molecular flexibility index (Phi) is 3.40. The highest BCUT2D eigenvalue weighted by Gasteiger charge is 2.09. The van der Waals surface area contributed by atoms with E-state index < -0.39 is 0 Å². The second kappa shape index (κ2) is 4.86. The maximum absolute atomic E-state index is 9.52. The Balaban J connectivity index is 0.00000133. The molecule has 3 rings (SSSR count). The van der Waals surface area contributed by atoms with E-state index in [1.165, 1.54) is 0 Å². The summed E-state index contributed by atoms with van der Waals surface area (Å²) in [7, 11) is 0. The number of benzene rings is 2. The van der Waals surface area contributed by atoms with Crippen molar-refractivity contribution in [3.05, 3.63) is 48.0 Å². The summed E-state index contributed by atoms with van der Waals surface area (Å²) in [5.41, 5.74) is 4.11. The van der Waals surface area contributed by atoms with Crippen LogP contribution < -0.4 is 0 Å². The van der Waals surface area contributed by atoms with Crippen LogP contribution in [-0.2, 0) is 0 Å². The smallest absolute Gasteiger partial charge is 0.116 e. The third kappa shape index (κ3) is 2.25. The zero-order valence-electron chi connectivity index (χ0n) is 10.3. The molecule has 0 fully saturated rings. The molecule has 1 heterocycles. The number of aryl methyl sites for hydroxylation is 1. The lowest BCUT2D eigenvalue weighted by atomic mass is 10.1. The van der Waals surface area contributed by atoms with Crippen LogP contribution in [0.15, 0.2) is 42.5 Å². The first-order valence-corrected chi connectivity index (χ1v) is 5.76. The highest BCUT2D eigenvalue weighted by molar-refractivity contribution is 5.91. The summed E-state index contributed by atoms with van der Waals surface area (Å²) >= 11 is 0. The van der Waals surface area contributed by atoms with Gasteiger partial charge in [-0.25, -0.2) is 0 Å². The maximum Gasteiger partial charge on any atom is 0.116 e. The van der Waals surface area contributed by atoms with E-state index in [2.05, 4.69) is 4.98 Å². The highest BCUT2D eigenvalue weighted by atomic mass is 35.5. The molecule has 0 unspecified atom stereocenters. The van der Waals surface area contributed by atoms with Crippen LogP contribution in [0.3, 0.4) is 0 Å². The van der Waals surface area contributed by atoms with Crippen LogP contribution in [0.1, 0.15) is 5.56 Å².